The third-order valence-corrected chi connectivity index (χ3v) is 6.65. The third kappa shape index (κ3) is 6.84. The zero-order chi connectivity index (χ0) is 28.2. The Bertz CT molecular complexity index is 1170. The van der Waals surface area contributed by atoms with Gasteiger partial charge in [-0.15, -0.1) is 0 Å². The third-order valence-electron chi connectivity index (χ3n) is 6.65. The van der Waals surface area contributed by atoms with Crippen LogP contribution < -0.4 is 4.74 Å². The summed E-state index contributed by atoms with van der Waals surface area (Å²) in [4.78, 5) is 28.1. The highest BCUT2D eigenvalue weighted by Crippen LogP contribution is 2.40. The van der Waals surface area contributed by atoms with E-state index in [4.69, 9.17) is 9.47 Å². The van der Waals surface area contributed by atoms with E-state index >= 15 is 0 Å². The van der Waals surface area contributed by atoms with Gasteiger partial charge in [0.05, 0.1) is 24.3 Å². The van der Waals surface area contributed by atoms with Gasteiger partial charge in [-0.25, -0.2) is 0 Å². The summed E-state index contributed by atoms with van der Waals surface area (Å²) in [5.41, 5.74) is 3.34. The molecule has 1 heterocycles. The summed E-state index contributed by atoms with van der Waals surface area (Å²) >= 11 is 0. The van der Waals surface area contributed by atoms with Crippen LogP contribution in [0.25, 0.3) is 5.76 Å². The van der Waals surface area contributed by atoms with E-state index < -0.39 is 17.7 Å². The molecule has 0 aromatic heterocycles. The minimum Gasteiger partial charge on any atom is -0.507 e. The first-order valence-corrected chi connectivity index (χ1v) is 13.6. The Hall–Kier alpha value is -3.12. The molecule has 0 radical (unpaired) electrons. The van der Waals surface area contributed by atoms with Crippen LogP contribution in [0.2, 0.25) is 0 Å². The van der Waals surface area contributed by atoms with Gasteiger partial charge in [-0.2, -0.15) is 0 Å². The van der Waals surface area contributed by atoms with Crippen molar-refractivity contribution in [3.8, 4) is 5.75 Å². The molecule has 1 unspecified atom stereocenters. The Morgan fingerprint density at radius 1 is 1.03 bits per heavy atom. The van der Waals surface area contributed by atoms with Crippen LogP contribution in [-0.4, -0.2) is 47.6 Å². The summed E-state index contributed by atoms with van der Waals surface area (Å²) in [7, 11) is 0. The van der Waals surface area contributed by atoms with Crippen LogP contribution in [0.1, 0.15) is 83.2 Å². The molecule has 1 amide bonds. The van der Waals surface area contributed by atoms with Crippen LogP contribution in [0.4, 0.5) is 0 Å². The highest BCUT2D eigenvalue weighted by Gasteiger charge is 2.45. The van der Waals surface area contributed by atoms with Crippen molar-refractivity contribution in [3.05, 3.63) is 70.3 Å². The Labute approximate surface area is 227 Å². The Kier molecular flexibility index (Phi) is 9.42. The molecule has 1 aliphatic heterocycles. The van der Waals surface area contributed by atoms with Gasteiger partial charge in [0.2, 0.25) is 0 Å². The van der Waals surface area contributed by atoms with Crippen molar-refractivity contribution in [2.24, 2.45) is 5.92 Å². The average Bonchev–Trinajstić information content (AvgIpc) is 3.09. The van der Waals surface area contributed by atoms with Crippen LogP contribution in [0.3, 0.4) is 0 Å². The lowest BCUT2D eigenvalue weighted by Crippen LogP contribution is -2.31. The number of aliphatic hydroxyl groups excluding tert-OH is 1. The van der Waals surface area contributed by atoms with Gasteiger partial charge in [0, 0.05) is 18.7 Å². The molecule has 1 fully saturated rings. The van der Waals surface area contributed by atoms with E-state index in [1.54, 1.807) is 23.1 Å². The molecule has 0 saturated carbocycles. The SMILES string of the molecule is Cc1cc(/C(O)=C2/C(=O)C(=O)N(CCCOC(C)C)C2c2ccc(C(C)(C)C)cc2)ccc1OCC(C)C. The summed E-state index contributed by atoms with van der Waals surface area (Å²) in [6, 6.07) is 12.6. The number of aliphatic hydroxyl groups is 1. The number of ether oxygens (including phenoxy) is 2. The molecule has 0 aliphatic carbocycles. The maximum absolute atomic E-state index is 13.3. The fourth-order valence-corrected chi connectivity index (χ4v) is 4.55. The van der Waals surface area contributed by atoms with Gasteiger partial charge in [0.25, 0.3) is 11.7 Å². The molecule has 2 aromatic carbocycles. The smallest absolute Gasteiger partial charge is 0.295 e. The quantitative estimate of drug-likeness (QED) is 0.166. The zero-order valence-corrected chi connectivity index (χ0v) is 24.1. The second-order valence-electron chi connectivity index (χ2n) is 11.8. The van der Waals surface area contributed by atoms with E-state index in [0.29, 0.717) is 37.7 Å². The molecule has 6 nitrogen and oxygen atoms in total. The largest absolute Gasteiger partial charge is 0.507 e. The lowest BCUT2D eigenvalue weighted by Gasteiger charge is -2.26. The van der Waals surface area contributed by atoms with Gasteiger partial charge in [-0.3, -0.25) is 9.59 Å². The number of rotatable bonds is 10. The summed E-state index contributed by atoms with van der Waals surface area (Å²) < 4.78 is 11.5. The predicted octanol–water partition coefficient (Wildman–Crippen LogP) is 6.56. The van der Waals surface area contributed by atoms with Gasteiger partial charge in [0.1, 0.15) is 11.5 Å². The number of benzene rings is 2. The summed E-state index contributed by atoms with van der Waals surface area (Å²) in [5.74, 6) is -0.332. The topological polar surface area (TPSA) is 76.1 Å². The first-order chi connectivity index (χ1) is 17.8. The number of Topliss-reactive ketones (excluding diaryl/α,β-unsaturated/α-hetero) is 1. The monoisotopic (exact) mass is 521 g/mol. The lowest BCUT2D eigenvalue weighted by atomic mass is 9.85. The van der Waals surface area contributed by atoms with Crippen LogP contribution in [0.5, 0.6) is 5.75 Å². The lowest BCUT2D eigenvalue weighted by molar-refractivity contribution is -0.140. The van der Waals surface area contributed by atoms with Gasteiger partial charge in [0.15, 0.2) is 0 Å². The summed E-state index contributed by atoms with van der Waals surface area (Å²) in [6.07, 6.45) is 0.671. The minimum absolute atomic E-state index is 0.0363. The molecule has 1 N–H and O–H groups in total. The van der Waals surface area contributed by atoms with Gasteiger partial charge in [-0.1, -0.05) is 58.9 Å². The fraction of sp³-hybridized carbons (Fsp3) is 0.500. The van der Waals surface area contributed by atoms with Crippen molar-refractivity contribution in [2.45, 2.75) is 79.4 Å². The molecule has 1 saturated heterocycles. The van der Waals surface area contributed by atoms with Crippen molar-refractivity contribution < 1.29 is 24.2 Å². The number of aryl methyl sites for hydroxylation is 1. The first kappa shape index (κ1) is 29.4. The van der Waals surface area contributed by atoms with Gasteiger partial charge < -0.3 is 19.5 Å². The number of carbonyl (C=O) groups excluding carboxylic acids is 2. The minimum atomic E-state index is -0.680. The molecule has 1 atom stereocenters. The molecule has 3 rings (SSSR count). The number of hydrogen-bond donors (Lipinski definition) is 1. The number of amides is 1. The van der Waals surface area contributed by atoms with Crippen LogP contribution in [0.15, 0.2) is 48.0 Å². The predicted molar refractivity (Wildman–Crippen MR) is 151 cm³/mol. The van der Waals surface area contributed by atoms with Crippen molar-refractivity contribution >= 4 is 17.4 Å². The van der Waals surface area contributed by atoms with E-state index in [2.05, 4.69) is 34.6 Å². The van der Waals surface area contributed by atoms with Crippen molar-refractivity contribution in [1.29, 1.82) is 0 Å². The molecule has 0 bridgehead atoms. The van der Waals surface area contributed by atoms with E-state index in [-0.39, 0.29) is 22.9 Å². The Balaban J connectivity index is 2.04. The second-order valence-corrected chi connectivity index (χ2v) is 11.8. The molecular weight excluding hydrogens is 478 g/mol. The number of likely N-dealkylation sites (tertiary alicyclic amines) is 1. The van der Waals surface area contributed by atoms with Gasteiger partial charge >= 0.3 is 0 Å². The number of nitrogens with zero attached hydrogens (tertiary/aromatic N) is 1. The average molecular weight is 522 g/mol. The fourth-order valence-electron chi connectivity index (χ4n) is 4.55. The number of hydrogen-bond acceptors (Lipinski definition) is 5. The molecular formula is C32H43NO5. The molecule has 2 aromatic rings. The van der Waals surface area contributed by atoms with Crippen LogP contribution in [0, 0.1) is 12.8 Å². The van der Waals surface area contributed by atoms with Crippen LogP contribution in [-0.2, 0) is 19.7 Å². The van der Waals surface area contributed by atoms with E-state index in [9.17, 15) is 14.7 Å². The first-order valence-electron chi connectivity index (χ1n) is 13.6. The molecule has 0 spiro atoms. The Morgan fingerprint density at radius 3 is 2.24 bits per heavy atom. The molecule has 6 heteroatoms. The normalized spacial score (nSPS) is 17.6. The summed E-state index contributed by atoms with van der Waals surface area (Å²) in [6.45, 7) is 17.8. The molecule has 1 aliphatic rings. The highest BCUT2D eigenvalue weighted by molar-refractivity contribution is 6.46. The van der Waals surface area contributed by atoms with E-state index in [0.717, 1.165) is 22.4 Å². The second kappa shape index (κ2) is 12.2. The van der Waals surface area contributed by atoms with Crippen molar-refractivity contribution in [3.63, 3.8) is 0 Å². The summed E-state index contributed by atoms with van der Waals surface area (Å²) in [5, 5.41) is 11.4. The molecule has 38 heavy (non-hydrogen) atoms. The highest BCUT2D eigenvalue weighted by atomic mass is 16.5. The Morgan fingerprint density at radius 2 is 1.68 bits per heavy atom. The van der Waals surface area contributed by atoms with E-state index in [1.807, 2.05) is 45.0 Å². The number of ketones is 1. The molecule has 206 valence electrons. The maximum Gasteiger partial charge on any atom is 0.295 e. The van der Waals surface area contributed by atoms with Crippen molar-refractivity contribution in [1.82, 2.24) is 4.90 Å². The number of carbonyl (C=O) groups is 2. The zero-order valence-electron chi connectivity index (χ0n) is 24.1. The standard InChI is InChI=1S/C32H43NO5/c1-20(2)19-38-26-15-12-24(18-22(26)5)29(34)27-28(23-10-13-25(14-11-23)32(6,7)8)33(31(36)30(27)35)16-9-17-37-21(3)4/h10-15,18,20-21,28,34H,9,16-17,19H2,1-8H3/b29-27-. The van der Waals surface area contributed by atoms with Crippen LogP contribution >= 0.6 is 0 Å². The van der Waals surface area contributed by atoms with Gasteiger partial charge in [-0.05, 0) is 73.4 Å². The maximum atomic E-state index is 13.3. The van der Waals surface area contributed by atoms with Crippen molar-refractivity contribution in [2.75, 3.05) is 19.8 Å². The van der Waals surface area contributed by atoms with E-state index in [1.165, 1.54) is 0 Å².